The van der Waals surface area contributed by atoms with Crippen molar-refractivity contribution in [1.29, 1.82) is 0 Å². The Kier molecular flexibility index (Phi) is 4.60. The minimum absolute atomic E-state index is 0.0409. The number of aromatic nitrogens is 1. The van der Waals surface area contributed by atoms with Gasteiger partial charge in [0.1, 0.15) is 11.3 Å². The van der Waals surface area contributed by atoms with Crippen LogP contribution >= 0.6 is 11.3 Å². The molecule has 1 aromatic heterocycles. The highest BCUT2D eigenvalue weighted by Gasteiger charge is 2.32. The smallest absolute Gasteiger partial charge is 0.227 e. The number of hydrogen-bond donors (Lipinski definition) is 1. The van der Waals surface area contributed by atoms with Crippen LogP contribution < -0.4 is 4.90 Å². The van der Waals surface area contributed by atoms with Crippen molar-refractivity contribution >= 4 is 32.6 Å². The van der Waals surface area contributed by atoms with E-state index in [0.29, 0.717) is 38.0 Å². The van der Waals surface area contributed by atoms with Gasteiger partial charge in [-0.3, -0.25) is 4.79 Å². The normalized spacial score (nSPS) is 22.6. The van der Waals surface area contributed by atoms with Crippen LogP contribution in [0.4, 0.5) is 9.52 Å². The van der Waals surface area contributed by atoms with Gasteiger partial charge in [0.15, 0.2) is 5.13 Å². The van der Waals surface area contributed by atoms with Gasteiger partial charge in [0.25, 0.3) is 0 Å². The number of rotatable bonds is 2. The summed E-state index contributed by atoms with van der Waals surface area (Å²) >= 11 is 1.48. The number of aliphatic hydroxyl groups is 1. The molecule has 25 heavy (non-hydrogen) atoms. The number of nitrogens with zero attached hydrogens (tertiary/aromatic N) is 3. The SMILES string of the molecule is O=C(C1CCCN(c2nc3c(F)cccc3s2)C1)N1CCC(O)CC1. The first-order valence-electron chi connectivity index (χ1n) is 8.88. The Hall–Kier alpha value is -1.73. The summed E-state index contributed by atoms with van der Waals surface area (Å²) in [4.78, 5) is 21.3. The first-order valence-corrected chi connectivity index (χ1v) is 9.70. The molecule has 1 N–H and O–H groups in total. The van der Waals surface area contributed by atoms with Gasteiger partial charge in [-0.05, 0) is 37.8 Å². The predicted octanol–water partition coefficient (Wildman–Crippen LogP) is 2.64. The summed E-state index contributed by atoms with van der Waals surface area (Å²) in [7, 11) is 0. The topological polar surface area (TPSA) is 56.7 Å². The molecule has 1 amide bonds. The van der Waals surface area contributed by atoms with E-state index in [1.807, 2.05) is 11.0 Å². The highest BCUT2D eigenvalue weighted by atomic mass is 32.1. The number of hydrogen-bond acceptors (Lipinski definition) is 5. The number of para-hydroxylation sites is 1. The second-order valence-electron chi connectivity index (χ2n) is 6.92. The highest BCUT2D eigenvalue weighted by molar-refractivity contribution is 7.22. The molecule has 0 saturated carbocycles. The number of carbonyl (C=O) groups is 1. The third kappa shape index (κ3) is 3.35. The number of amides is 1. The van der Waals surface area contributed by atoms with Crippen molar-refractivity contribution in [2.45, 2.75) is 31.8 Å². The van der Waals surface area contributed by atoms with Crippen LogP contribution in [0.1, 0.15) is 25.7 Å². The fraction of sp³-hybridized carbons (Fsp3) is 0.556. The Balaban J connectivity index is 1.48. The molecule has 134 valence electrons. The van der Waals surface area contributed by atoms with Gasteiger partial charge in [-0.25, -0.2) is 9.37 Å². The number of fused-ring (bicyclic) bond motifs is 1. The van der Waals surface area contributed by atoms with Crippen molar-refractivity contribution < 1.29 is 14.3 Å². The molecule has 1 unspecified atom stereocenters. The molecule has 0 aliphatic carbocycles. The average Bonchev–Trinajstić information content (AvgIpc) is 3.08. The van der Waals surface area contributed by atoms with Crippen LogP contribution in [-0.4, -0.2) is 53.2 Å². The molecule has 1 aromatic carbocycles. The Morgan fingerprint density at radius 2 is 2.04 bits per heavy atom. The monoisotopic (exact) mass is 363 g/mol. The number of anilines is 1. The zero-order chi connectivity index (χ0) is 17.4. The number of likely N-dealkylation sites (tertiary alicyclic amines) is 1. The first-order chi connectivity index (χ1) is 12.1. The van der Waals surface area contributed by atoms with Gasteiger partial charge in [-0.2, -0.15) is 0 Å². The van der Waals surface area contributed by atoms with E-state index in [-0.39, 0.29) is 23.7 Å². The van der Waals surface area contributed by atoms with Crippen molar-refractivity contribution in [3.8, 4) is 0 Å². The fourth-order valence-electron chi connectivity index (χ4n) is 3.74. The second-order valence-corrected chi connectivity index (χ2v) is 7.93. The average molecular weight is 363 g/mol. The molecule has 2 aliphatic heterocycles. The van der Waals surface area contributed by atoms with E-state index in [0.717, 1.165) is 29.2 Å². The number of thiazole rings is 1. The summed E-state index contributed by atoms with van der Waals surface area (Å²) in [6, 6.07) is 5.01. The Bertz CT molecular complexity index is 773. The molecular formula is C18H22FN3O2S. The minimum atomic E-state index is -0.295. The van der Waals surface area contributed by atoms with Crippen molar-refractivity contribution in [2.75, 3.05) is 31.1 Å². The lowest BCUT2D eigenvalue weighted by Gasteiger charge is -2.37. The van der Waals surface area contributed by atoms with Crippen LogP contribution in [0.2, 0.25) is 0 Å². The second kappa shape index (κ2) is 6.88. The highest BCUT2D eigenvalue weighted by Crippen LogP contribution is 2.33. The van der Waals surface area contributed by atoms with E-state index in [9.17, 15) is 14.3 Å². The number of benzene rings is 1. The summed E-state index contributed by atoms with van der Waals surface area (Å²) in [6.45, 7) is 2.77. The molecule has 0 bridgehead atoms. The molecule has 0 spiro atoms. The lowest BCUT2D eigenvalue weighted by atomic mass is 9.95. The molecule has 2 aliphatic rings. The van der Waals surface area contributed by atoms with Gasteiger partial charge in [-0.15, -0.1) is 0 Å². The summed E-state index contributed by atoms with van der Waals surface area (Å²) in [6.07, 6.45) is 2.88. The zero-order valence-corrected chi connectivity index (χ0v) is 14.8. The lowest BCUT2D eigenvalue weighted by molar-refractivity contribution is -0.137. The minimum Gasteiger partial charge on any atom is -0.393 e. The van der Waals surface area contributed by atoms with Crippen LogP contribution in [0, 0.1) is 11.7 Å². The van der Waals surface area contributed by atoms with Gasteiger partial charge in [0.05, 0.1) is 16.7 Å². The third-order valence-electron chi connectivity index (χ3n) is 5.18. The molecule has 2 fully saturated rings. The maximum atomic E-state index is 13.9. The van der Waals surface area contributed by atoms with E-state index in [1.54, 1.807) is 6.07 Å². The van der Waals surface area contributed by atoms with E-state index in [1.165, 1.54) is 17.4 Å². The van der Waals surface area contributed by atoms with E-state index < -0.39 is 0 Å². The summed E-state index contributed by atoms with van der Waals surface area (Å²) in [5.41, 5.74) is 0.418. The van der Waals surface area contributed by atoms with E-state index >= 15 is 0 Å². The molecular weight excluding hydrogens is 341 g/mol. The standard InChI is InChI=1S/C18H22FN3O2S/c19-14-4-1-5-15-16(14)20-18(25-15)22-8-2-3-12(11-22)17(24)21-9-6-13(23)7-10-21/h1,4-5,12-13,23H,2-3,6-11H2. The summed E-state index contributed by atoms with van der Waals surface area (Å²) in [5.74, 6) is -0.152. The molecule has 7 heteroatoms. The van der Waals surface area contributed by atoms with Crippen molar-refractivity contribution in [3.05, 3.63) is 24.0 Å². The van der Waals surface area contributed by atoms with Crippen molar-refractivity contribution in [3.63, 3.8) is 0 Å². The molecule has 2 saturated heterocycles. The van der Waals surface area contributed by atoms with Crippen LogP contribution in [0.3, 0.4) is 0 Å². The Morgan fingerprint density at radius 1 is 1.24 bits per heavy atom. The van der Waals surface area contributed by atoms with Crippen molar-refractivity contribution in [2.24, 2.45) is 5.92 Å². The van der Waals surface area contributed by atoms with Crippen molar-refractivity contribution in [1.82, 2.24) is 9.88 Å². The van der Waals surface area contributed by atoms with Gasteiger partial charge in [-0.1, -0.05) is 17.4 Å². The van der Waals surface area contributed by atoms with Gasteiger partial charge in [0, 0.05) is 26.2 Å². The van der Waals surface area contributed by atoms with Crippen LogP contribution in [-0.2, 0) is 4.79 Å². The first kappa shape index (κ1) is 16.7. The maximum absolute atomic E-state index is 13.9. The number of carbonyl (C=O) groups excluding carboxylic acids is 1. The molecule has 4 rings (SSSR count). The van der Waals surface area contributed by atoms with Gasteiger partial charge in [0.2, 0.25) is 5.91 Å². The van der Waals surface area contributed by atoms with E-state index in [4.69, 9.17) is 0 Å². The van der Waals surface area contributed by atoms with Gasteiger partial charge >= 0.3 is 0 Å². The Morgan fingerprint density at radius 3 is 2.80 bits per heavy atom. The number of piperidine rings is 2. The molecule has 1 atom stereocenters. The number of halogens is 1. The third-order valence-corrected chi connectivity index (χ3v) is 6.26. The maximum Gasteiger partial charge on any atom is 0.227 e. The number of aliphatic hydroxyl groups excluding tert-OH is 1. The lowest BCUT2D eigenvalue weighted by Crippen LogP contribution is -2.48. The van der Waals surface area contributed by atoms with Gasteiger partial charge < -0.3 is 14.9 Å². The van der Waals surface area contributed by atoms with E-state index in [2.05, 4.69) is 9.88 Å². The zero-order valence-electron chi connectivity index (χ0n) is 14.0. The molecule has 0 radical (unpaired) electrons. The quantitative estimate of drug-likeness (QED) is 0.891. The fourth-order valence-corrected chi connectivity index (χ4v) is 4.75. The summed E-state index contributed by atoms with van der Waals surface area (Å²) < 4.78 is 14.7. The summed E-state index contributed by atoms with van der Waals surface area (Å²) in [5, 5.41) is 10.4. The Labute approximate surface area is 150 Å². The predicted molar refractivity (Wildman–Crippen MR) is 96.3 cm³/mol. The molecule has 5 nitrogen and oxygen atoms in total. The van der Waals surface area contributed by atoms with Crippen LogP contribution in [0.5, 0.6) is 0 Å². The molecule has 3 heterocycles. The largest absolute Gasteiger partial charge is 0.393 e. The molecule has 2 aromatic rings. The van der Waals surface area contributed by atoms with Crippen LogP contribution in [0.15, 0.2) is 18.2 Å². The van der Waals surface area contributed by atoms with Crippen LogP contribution in [0.25, 0.3) is 10.2 Å².